The van der Waals surface area contributed by atoms with Crippen LogP contribution >= 0.6 is 0 Å². The summed E-state index contributed by atoms with van der Waals surface area (Å²) in [6.45, 7) is 7.29. The number of amides is 2. The van der Waals surface area contributed by atoms with Gasteiger partial charge in [-0.2, -0.15) is 0 Å². The van der Waals surface area contributed by atoms with E-state index in [2.05, 4.69) is 17.1 Å². The average Bonchev–Trinajstić information content (AvgIpc) is 3.23. The van der Waals surface area contributed by atoms with E-state index < -0.39 is 0 Å². The molecule has 6 heteroatoms. The molecule has 2 amide bonds. The van der Waals surface area contributed by atoms with Gasteiger partial charge >= 0.3 is 0 Å². The molecule has 0 aliphatic carbocycles. The van der Waals surface area contributed by atoms with Crippen molar-refractivity contribution in [2.24, 2.45) is 0 Å². The molecule has 0 bridgehead atoms. The highest BCUT2D eigenvalue weighted by Crippen LogP contribution is 2.28. The van der Waals surface area contributed by atoms with E-state index in [1.807, 2.05) is 24.3 Å². The van der Waals surface area contributed by atoms with Gasteiger partial charge in [0.15, 0.2) is 0 Å². The van der Waals surface area contributed by atoms with Crippen LogP contribution in [0.15, 0.2) is 24.3 Å². The zero-order valence-corrected chi connectivity index (χ0v) is 16.4. The lowest BCUT2D eigenvalue weighted by atomic mass is 10.2. The van der Waals surface area contributed by atoms with Crippen LogP contribution in [-0.4, -0.2) is 55.0 Å². The maximum atomic E-state index is 12.3. The molecule has 1 aromatic carbocycles. The predicted molar refractivity (Wildman–Crippen MR) is 106 cm³/mol. The monoisotopic (exact) mass is 373 g/mol. The van der Waals surface area contributed by atoms with Gasteiger partial charge in [0.05, 0.1) is 12.6 Å². The van der Waals surface area contributed by atoms with Crippen molar-refractivity contribution >= 4 is 17.5 Å². The number of nitrogens with zero attached hydrogens (tertiary/aromatic N) is 2. The first-order valence-corrected chi connectivity index (χ1v) is 10.1. The Balaban J connectivity index is 1.48. The van der Waals surface area contributed by atoms with E-state index in [1.165, 1.54) is 26.3 Å². The van der Waals surface area contributed by atoms with E-state index >= 15 is 0 Å². The number of carbonyl (C=O) groups is 2. The lowest BCUT2D eigenvalue weighted by Crippen LogP contribution is -2.41. The van der Waals surface area contributed by atoms with Gasteiger partial charge in [0.25, 0.3) is 0 Å². The van der Waals surface area contributed by atoms with Crippen molar-refractivity contribution in [2.45, 2.75) is 58.0 Å². The van der Waals surface area contributed by atoms with E-state index in [0.717, 1.165) is 30.8 Å². The fraction of sp³-hybridized carbons (Fsp3) is 0.619. The Labute approximate surface area is 161 Å². The third-order valence-corrected chi connectivity index (χ3v) is 5.58. The van der Waals surface area contributed by atoms with E-state index in [-0.39, 0.29) is 17.9 Å². The fourth-order valence-electron chi connectivity index (χ4n) is 4.04. The summed E-state index contributed by atoms with van der Waals surface area (Å²) in [5.74, 6) is 0.874. The first-order valence-electron chi connectivity index (χ1n) is 10.1. The van der Waals surface area contributed by atoms with Gasteiger partial charge in [0.2, 0.25) is 11.8 Å². The maximum absolute atomic E-state index is 12.3. The molecule has 0 radical (unpaired) electrons. The van der Waals surface area contributed by atoms with E-state index in [9.17, 15) is 9.59 Å². The predicted octanol–water partition coefficient (Wildman–Crippen LogP) is 2.57. The maximum Gasteiger partial charge on any atom is 0.227 e. The molecule has 27 heavy (non-hydrogen) atoms. The number of hydrogen-bond donors (Lipinski definition) is 1. The first-order chi connectivity index (χ1) is 13.0. The quantitative estimate of drug-likeness (QED) is 0.712. The second kappa shape index (κ2) is 9.22. The second-order valence-corrected chi connectivity index (χ2v) is 7.62. The molecule has 2 heterocycles. The Kier molecular flexibility index (Phi) is 6.72. The third-order valence-electron chi connectivity index (χ3n) is 5.58. The Bertz CT molecular complexity index is 647. The van der Waals surface area contributed by atoms with Crippen molar-refractivity contribution in [1.82, 2.24) is 10.2 Å². The summed E-state index contributed by atoms with van der Waals surface area (Å²) in [6.07, 6.45) is 4.93. The highest BCUT2D eigenvalue weighted by molar-refractivity contribution is 5.96. The zero-order valence-electron chi connectivity index (χ0n) is 16.4. The molecule has 2 aliphatic heterocycles. The standard InChI is InChI=1S/C21H31N3O3/c1-16-5-3-12-23(16)13-4-14-27-20-9-6-18(7-10-20)24-19(8-11-21(24)26)15-22-17(2)25/h6-7,9-10,16,19H,3-5,8,11-15H2,1-2H3,(H,22,25)/t16?,19-/m0/s1. The van der Waals surface area contributed by atoms with E-state index in [0.29, 0.717) is 25.6 Å². The molecule has 3 rings (SSSR count). The Hall–Kier alpha value is -2.08. The molecule has 2 fully saturated rings. The van der Waals surface area contributed by atoms with Gasteiger partial charge < -0.3 is 19.9 Å². The number of rotatable bonds is 8. The summed E-state index contributed by atoms with van der Waals surface area (Å²) in [7, 11) is 0. The minimum absolute atomic E-state index is 0.0237. The van der Waals surface area contributed by atoms with Crippen molar-refractivity contribution in [3.63, 3.8) is 0 Å². The van der Waals surface area contributed by atoms with Crippen LogP contribution in [0.2, 0.25) is 0 Å². The molecular weight excluding hydrogens is 342 g/mol. The molecule has 0 aromatic heterocycles. The molecule has 2 aliphatic rings. The third kappa shape index (κ3) is 5.22. The zero-order chi connectivity index (χ0) is 19.2. The number of nitrogens with one attached hydrogen (secondary N) is 1. The van der Waals surface area contributed by atoms with Gasteiger partial charge in [-0.15, -0.1) is 0 Å². The van der Waals surface area contributed by atoms with Crippen LogP contribution < -0.4 is 15.0 Å². The Morgan fingerprint density at radius 3 is 2.70 bits per heavy atom. The van der Waals surface area contributed by atoms with E-state index in [4.69, 9.17) is 4.74 Å². The lowest BCUT2D eigenvalue weighted by molar-refractivity contribution is -0.119. The van der Waals surface area contributed by atoms with Crippen molar-refractivity contribution < 1.29 is 14.3 Å². The number of carbonyl (C=O) groups excluding carboxylic acids is 2. The van der Waals surface area contributed by atoms with Crippen LogP contribution in [0.1, 0.15) is 46.0 Å². The molecule has 6 nitrogen and oxygen atoms in total. The Morgan fingerprint density at radius 2 is 2.04 bits per heavy atom. The average molecular weight is 373 g/mol. The molecule has 2 atom stereocenters. The summed E-state index contributed by atoms with van der Waals surface area (Å²) in [6, 6.07) is 8.44. The smallest absolute Gasteiger partial charge is 0.227 e. The van der Waals surface area contributed by atoms with Crippen LogP contribution in [0.5, 0.6) is 5.75 Å². The molecule has 1 N–H and O–H groups in total. The van der Waals surface area contributed by atoms with Crippen LogP contribution in [0.3, 0.4) is 0 Å². The fourth-order valence-corrected chi connectivity index (χ4v) is 4.04. The largest absolute Gasteiger partial charge is 0.494 e. The molecular formula is C21H31N3O3. The topological polar surface area (TPSA) is 61.9 Å². The number of likely N-dealkylation sites (tertiary alicyclic amines) is 1. The van der Waals surface area contributed by atoms with Crippen LogP contribution in [0, 0.1) is 0 Å². The minimum atomic E-state index is -0.0682. The second-order valence-electron chi connectivity index (χ2n) is 7.62. The highest BCUT2D eigenvalue weighted by atomic mass is 16.5. The number of anilines is 1. The highest BCUT2D eigenvalue weighted by Gasteiger charge is 2.32. The number of ether oxygens (including phenoxy) is 1. The number of hydrogen-bond acceptors (Lipinski definition) is 4. The molecule has 1 unspecified atom stereocenters. The summed E-state index contributed by atoms with van der Waals surface area (Å²) in [4.78, 5) is 27.7. The summed E-state index contributed by atoms with van der Waals surface area (Å²) >= 11 is 0. The van der Waals surface area contributed by atoms with Gasteiger partial charge in [0.1, 0.15) is 5.75 Å². The van der Waals surface area contributed by atoms with Gasteiger partial charge in [-0.1, -0.05) is 0 Å². The first kappa shape index (κ1) is 19.7. The normalized spacial score (nSPS) is 23.0. The van der Waals surface area contributed by atoms with Crippen LogP contribution in [-0.2, 0) is 9.59 Å². The van der Waals surface area contributed by atoms with Crippen molar-refractivity contribution in [2.75, 3.05) is 31.1 Å². The van der Waals surface area contributed by atoms with Crippen LogP contribution in [0.4, 0.5) is 5.69 Å². The molecule has 0 spiro atoms. The molecule has 148 valence electrons. The van der Waals surface area contributed by atoms with E-state index in [1.54, 1.807) is 4.90 Å². The van der Waals surface area contributed by atoms with Crippen LogP contribution in [0.25, 0.3) is 0 Å². The summed E-state index contributed by atoms with van der Waals surface area (Å²) < 4.78 is 5.86. The van der Waals surface area contributed by atoms with Gasteiger partial charge in [-0.25, -0.2) is 0 Å². The molecule has 1 aromatic rings. The molecule has 0 saturated carbocycles. The molecule has 2 saturated heterocycles. The van der Waals surface area contributed by atoms with Crippen molar-refractivity contribution in [1.29, 1.82) is 0 Å². The number of benzene rings is 1. The summed E-state index contributed by atoms with van der Waals surface area (Å²) in [5, 5.41) is 2.82. The van der Waals surface area contributed by atoms with Gasteiger partial charge in [0, 0.05) is 38.2 Å². The SMILES string of the molecule is CC(=O)NC[C@@H]1CCC(=O)N1c1ccc(OCCCN2CCCC2C)cc1. The Morgan fingerprint density at radius 1 is 1.26 bits per heavy atom. The van der Waals surface area contributed by atoms with Gasteiger partial charge in [-0.05, 0) is 63.4 Å². The summed E-state index contributed by atoms with van der Waals surface area (Å²) in [5.41, 5.74) is 0.867. The minimum Gasteiger partial charge on any atom is -0.494 e. The lowest BCUT2D eigenvalue weighted by Gasteiger charge is -2.25. The van der Waals surface area contributed by atoms with Crippen molar-refractivity contribution in [3.8, 4) is 5.75 Å². The van der Waals surface area contributed by atoms with Crippen molar-refractivity contribution in [3.05, 3.63) is 24.3 Å². The van der Waals surface area contributed by atoms with Gasteiger partial charge in [-0.3, -0.25) is 9.59 Å².